The third-order valence-corrected chi connectivity index (χ3v) is 7.79. The number of hydrogen-bond donors (Lipinski definition) is 2. The number of rotatable bonds is 32. The van der Waals surface area contributed by atoms with Gasteiger partial charge in [-0.05, 0) is 57.8 Å². The molecule has 0 aromatic rings. The maximum Gasteiger partial charge on any atom is 0.469 e. The van der Waals surface area contributed by atoms with E-state index < -0.39 is 32.5 Å². The van der Waals surface area contributed by atoms with E-state index in [1.54, 1.807) is 0 Å². The number of unbranched alkanes of at least 4 members (excludes halogenated alkanes) is 13. The Labute approximate surface area is 297 Å². The van der Waals surface area contributed by atoms with Gasteiger partial charge in [0, 0.05) is 12.8 Å². The number of ether oxygens (including phenoxy) is 2. The average molecular weight is 705 g/mol. The minimum Gasteiger partial charge on any atom is -0.462 e. The summed E-state index contributed by atoms with van der Waals surface area (Å²) in [5.41, 5.74) is 0. The molecule has 0 aliphatic rings. The van der Waals surface area contributed by atoms with E-state index in [1.165, 1.54) is 32.1 Å². The highest BCUT2D eigenvalue weighted by molar-refractivity contribution is 7.46. The van der Waals surface area contributed by atoms with Gasteiger partial charge in [0.1, 0.15) is 6.61 Å². The molecule has 0 saturated carbocycles. The topological polar surface area (TPSA) is 119 Å². The normalized spacial score (nSPS) is 13.5. The Bertz CT molecular complexity index is 1060. The molecule has 0 aliphatic heterocycles. The van der Waals surface area contributed by atoms with Crippen LogP contribution in [0, 0.1) is 0 Å². The van der Waals surface area contributed by atoms with Crippen molar-refractivity contribution in [3.8, 4) is 0 Å². The van der Waals surface area contributed by atoms with E-state index in [-0.39, 0.29) is 19.4 Å². The van der Waals surface area contributed by atoms with Gasteiger partial charge in [-0.1, -0.05) is 150 Å². The van der Waals surface area contributed by atoms with Gasteiger partial charge in [0.05, 0.1) is 6.61 Å². The molecule has 49 heavy (non-hydrogen) atoms. The van der Waals surface area contributed by atoms with Crippen LogP contribution in [-0.2, 0) is 28.2 Å². The molecule has 9 heteroatoms. The van der Waals surface area contributed by atoms with Crippen LogP contribution in [0.5, 0.6) is 0 Å². The Hall–Kier alpha value is -2.77. The Balaban J connectivity index is 4.10. The molecule has 0 aromatic carbocycles. The number of allylic oxidation sites excluding steroid dienone is 14. The molecule has 0 saturated heterocycles. The van der Waals surface area contributed by atoms with Gasteiger partial charge in [0.25, 0.3) is 0 Å². The van der Waals surface area contributed by atoms with Gasteiger partial charge in [-0.15, -0.1) is 0 Å². The average Bonchev–Trinajstić information content (AvgIpc) is 3.07. The number of esters is 2. The molecule has 2 N–H and O–H groups in total. The third-order valence-electron chi connectivity index (χ3n) is 7.30. The lowest BCUT2D eigenvalue weighted by molar-refractivity contribution is -0.161. The fourth-order valence-corrected chi connectivity index (χ4v) is 4.92. The first-order valence-corrected chi connectivity index (χ1v) is 20.0. The third kappa shape index (κ3) is 37.9. The fourth-order valence-electron chi connectivity index (χ4n) is 4.56. The van der Waals surface area contributed by atoms with Crippen molar-refractivity contribution in [2.75, 3.05) is 13.2 Å². The second-order valence-electron chi connectivity index (χ2n) is 12.0. The molecule has 0 rings (SSSR count). The van der Waals surface area contributed by atoms with Gasteiger partial charge in [-0.3, -0.25) is 14.1 Å². The van der Waals surface area contributed by atoms with Crippen LogP contribution in [0.1, 0.15) is 136 Å². The van der Waals surface area contributed by atoms with Crippen LogP contribution in [0.25, 0.3) is 0 Å². The predicted octanol–water partition coefficient (Wildman–Crippen LogP) is 10.9. The fraction of sp³-hybridized carbons (Fsp3) is 0.600. The standard InChI is InChI=1S/C40H65O8P/c1-3-5-7-9-11-13-15-17-18-19-20-21-23-24-26-28-30-32-34-39(41)46-36-38(37-47-49(43,44)45)48-40(42)35-33-31-29-27-25-22-16-14-12-10-8-6-4-2/h6,8,10,12,14-22,25,38H,3-5,7,9,11,13,23-24,26-37H2,1-2H3,(H2,43,44,45)/b8-6+,12-10+,16-14+,17-15+,19-18+,21-20+,25-22+. The molecule has 1 unspecified atom stereocenters. The van der Waals surface area contributed by atoms with Crippen molar-refractivity contribution >= 4 is 19.8 Å². The monoisotopic (exact) mass is 704 g/mol. The van der Waals surface area contributed by atoms with Gasteiger partial charge in [0.2, 0.25) is 0 Å². The summed E-state index contributed by atoms with van der Waals surface area (Å²) >= 11 is 0. The zero-order valence-electron chi connectivity index (χ0n) is 30.3. The second-order valence-corrected chi connectivity index (χ2v) is 13.2. The summed E-state index contributed by atoms with van der Waals surface area (Å²) in [6.45, 7) is 3.45. The van der Waals surface area contributed by atoms with Gasteiger partial charge in [0.15, 0.2) is 6.10 Å². The van der Waals surface area contributed by atoms with E-state index in [2.05, 4.69) is 67.0 Å². The van der Waals surface area contributed by atoms with Crippen LogP contribution in [0.3, 0.4) is 0 Å². The maximum absolute atomic E-state index is 12.3. The molecular weight excluding hydrogens is 639 g/mol. The van der Waals surface area contributed by atoms with Crippen LogP contribution in [-0.4, -0.2) is 41.0 Å². The molecule has 0 amide bonds. The minimum absolute atomic E-state index is 0.156. The van der Waals surface area contributed by atoms with Gasteiger partial charge >= 0.3 is 19.8 Å². The van der Waals surface area contributed by atoms with Gasteiger partial charge in [-0.25, -0.2) is 4.57 Å². The van der Waals surface area contributed by atoms with Gasteiger partial charge < -0.3 is 19.3 Å². The van der Waals surface area contributed by atoms with Crippen molar-refractivity contribution in [1.29, 1.82) is 0 Å². The van der Waals surface area contributed by atoms with Crippen molar-refractivity contribution in [3.05, 3.63) is 85.1 Å². The van der Waals surface area contributed by atoms with Crippen molar-refractivity contribution in [2.24, 2.45) is 0 Å². The quantitative estimate of drug-likeness (QED) is 0.0307. The molecule has 0 radical (unpaired) electrons. The first kappa shape index (κ1) is 46.2. The molecule has 0 aliphatic carbocycles. The lowest BCUT2D eigenvalue weighted by atomic mass is 10.1. The van der Waals surface area contributed by atoms with Crippen LogP contribution in [0.4, 0.5) is 0 Å². The van der Waals surface area contributed by atoms with Crippen LogP contribution >= 0.6 is 7.82 Å². The molecule has 8 nitrogen and oxygen atoms in total. The SMILES string of the molecule is CC/C=C/C=C/C=C/C=C/CCCCCC(=O)OC(COC(=O)CCCCCCC/C=C/C=C/C=C/CCCCCCC)COP(=O)(O)O. The lowest BCUT2D eigenvalue weighted by Gasteiger charge is -2.18. The Kier molecular flexibility index (Phi) is 33.1. The number of phosphoric ester groups is 1. The number of phosphoric acid groups is 1. The number of carbonyl (C=O) groups is 2. The van der Waals surface area contributed by atoms with Gasteiger partial charge in [-0.2, -0.15) is 0 Å². The highest BCUT2D eigenvalue weighted by atomic mass is 31.2. The van der Waals surface area contributed by atoms with Crippen LogP contribution < -0.4 is 0 Å². The summed E-state index contributed by atoms with van der Waals surface area (Å²) in [6.07, 6.45) is 45.9. The molecule has 0 aromatic heterocycles. The lowest BCUT2D eigenvalue weighted by Crippen LogP contribution is -2.29. The van der Waals surface area contributed by atoms with Crippen molar-refractivity contribution in [2.45, 2.75) is 142 Å². The molecule has 278 valence electrons. The van der Waals surface area contributed by atoms with Crippen molar-refractivity contribution < 1.29 is 37.9 Å². The summed E-state index contributed by atoms with van der Waals surface area (Å²) in [7, 11) is -4.77. The highest BCUT2D eigenvalue weighted by Crippen LogP contribution is 2.35. The smallest absolute Gasteiger partial charge is 0.462 e. The first-order chi connectivity index (χ1) is 23.8. The van der Waals surface area contributed by atoms with E-state index >= 15 is 0 Å². The van der Waals surface area contributed by atoms with Crippen LogP contribution in [0.2, 0.25) is 0 Å². The second kappa shape index (κ2) is 35.1. The Morgan fingerprint density at radius 1 is 0.551 bits per heavy atom. The minimum atomic E-state index is -4.77. The maximum atomic E-state index is 12.3. The summed E-state index contributed by atoms with van der Waals surface area (Å²) in [6, 6.07) is 0. The molecule has 0 fully saturated rings. The first-order valence-electron chi connectivity index (χ1n) is 18.5. The summed E-state index contributed by atoms with van der Waals surface area (Å²) in [5, 5.41) is 0. The Morgan fingerprint density at radius 3 is 1.49 bits per heavy atom. The highest BCUT2D eigenvalue weighted by Gasteiger charge is 2.22. The van der Waals surface area contributed by atoms with Crippen molar-refractivity contribution in [3.63, 3.8) is 0 Å². The van der Waals surface area contributed by atoms with E-state index in [9.17, 15) is 14.2 Å². The Morgan fingerprint density at radius 2 is 0.980 bits per heavy atom. The van der Waals surface area contributed by atoms with Crippen LogP contribution in [0.15, 0.2) is 85.1 Å². The molecule has 0 heterocycles. The summed E-state index contributed by atoms with van der Waals surface area (Å²) in [5.74, 6) is -0.964. The largest absolute Gasteiger partial charge is 0.469 e. The number of hydrogen-bond acceptors (Lipinski definition) is 6. The number of carbonyl (C=O) groups excluding carboxylic acids is 2. The zero-order chi connectivity index (χ0) is 36.1. The molecule has 0 bridgehead atoms. The van der Waals surface area contributed by atoms with E-state index in [1.807, 2.05) is 36.5 Å². The van der Waals surface area contributed by atoms with Crippen molar-refractivity contribution in [1.82, 2.24) is 0 Å². The predicted molar refractivity (Wildman–Crippen MR) is 202 cm³/mol. The molecule has 0 spiro atoms. The summed E-state index contributed by atoms with van der Waals surface area (Å²) < 4.78 is 26.2. The molecular formula is C40H65O8P. The summed E-state index contributed by atoms with van der Waals surface area (Å²) in [4.78, 5) is 42.6. The molecule has 1 atom stereocenters. The van der Waals surface area contributed by atoms with E-state index in [4.69, 9.17) is 19.3 Å². The van der Waals surface area contributed by atoms with E-state index in [0.717, 1.165) is 64.2 Å². The zero-order valence-corrected chi connectivity index (χ0v) is 31.2. The van der Waals surface area contributed by atoms with E-state index in [0.29, 0.717) is 12.8 Å².